The molecule has 2 aromatic carbocycles. The van der Waals surface area contributed by atoms with Crippen LogP contribution in [-0.4, -0.2) is 32.2 Å². The van der Waals surface area contributed by atoms with Crippen molar-refractivity contribution >= 4 is 11.5 Å². The molecule has 6 heteroatoms. The van der Waals surface area contributed by atoms with Crippen molar-refractivity contribution in [1.82, 2.24) is 0 Å². The second-order valence-electron chi connectivity index (χ2n) is 4.81. The molecule has 0 fully saturated rings. The van der Waals surface area contributed by atoms with Crippen LogP contribution in [0.4, 0.5) is 4.39 Å². The first-order valence-electron chi connectivity index (χ1n) is 7.01. The number of carbonyl (C=O) groups is 1. The van der Waals surface area contributed by atoms with E-state index in [1.165, 1.54) is 57.7 Å². The van der Waals surface area contributed by atoms with Gasteiger partial charge in [0.05, 0.1) is 21.3 Å². The number of benzene rings is 2. The Kier molecular flexibility index (Phi) is 5.42. The zero-order valence-corrected chi connectivity index (χ0v) is 13.5. The van der Waals surface area contributed by atoms with Crippen LogP contribution in [0.5, 0.6) is 17.2 Å². The molecule has 0 bridgehead atoms. The molecule has 0 saturated carbocycles. The Hall–Kier alpha value is -3.02. The number of rotatable bonds is 6. The molecule has 2 aromatic rings. The van der Waals surface area contributed by atoms with Crippen LogP contribution in [-0.2, 0) is 0 Å². The molecule has 0 spiro atoms. The van der Waals surface area contributed by atoms with Gasteiger partial charge in [-0.3, -0.25) is 4.79 Å². The lowest BCUT2D eigenvalue weighted by atomic mass is 10.1. The van der Waals surface area contributed by atoms with Crippen LogP contribution >= 0.6 is 0 Å². The molecular weight excluding hydrogens is 315 g/mol. The highest BCUT2D eigenvalue weighted by Crippen LogP contribution is 2.39. The number of methoxy groups -OCH3 is 3. The molecule has 0 heterocycles. The normalized spacial score (nSPS) is 11.1. The lowest BCUT2D eigenvalue weighted by molar-refractivity contribution is 0.104. The Morgan fingerprint density at radius 1 is 0.958 bits per heavy atom. The van der Waals surface area contributed by atoms with Crippen molar-refractivity contribution in [3.05, 3.63) is 59.4 Å². The van der Waals surface area contributed by atoms with Crippen molar-refractivity contribution in [2.24, 2.45) is 0 Å². The number of aliphatic hydroxyl groups excluding tert-OH is 1. The molecule has 24 heavy (non-hydrogen) atoms. The van der Waals surface area contributed by atoms with Gasteiger partial charge in [0.25, 0.3) is 0 Å². The fraction of sp³-hybridized carbons (Fsp3) is 0.167. The highest BCUT2D eigenvalue weighted by atomic mass is 19.1. The average Bonchev–Trinajstić information content (AvgIpc) is 2.60. The van der Waals surface area contributed by atoms with E-state index in [0.29, 0.717) is 22.8 Å². The molecule has 0 atom stereocenters. The number of halogens is 1. The fourth-order valence-corrected chi connectivity index (χ4v) is 2.13. The maximum Gasteiger partial charge on any atom is 0.203 e. The van der Waals surface area contributed by atoms with E-state index in [0.717, 1.165) is 6.08 Å². The number of aliphatic hydroxyl groups is 1. The fourth-order valence-electron chi connectivity index (χ4n) is 2.13. The molecule has 0 radical (unpaired) electrons. The lowest BCUT2D eigenvalue weighted by Crippen LogP contribution is -1.99. The van der Waals surface area contributed by atoms with E-state index in [2.05, 4.69) is 0 Å². The molecule has 0 aliphatic heterocycles. The summed E-state index contributed by atoms with van der Waals surface area (Å²) < 4.78 is 28.5. The number of ether oxygens (including phenoxy) is 3. The first-order valence-corrected chi connectivity index (χ1v) is 7.01. The van der Waals surface area contributed by atoms with Crippen molar-refractivity contribution in [2.45, 2.75) is 0 Å². The average molecular weight is 332 g/mol. The summed E-state index contributed by atoms with van der Waals surface area (Å²) in [6, 6.07) is 8.08. The maximum atomic E-state index is 12.9. The van der Waals surface area contributed by atoms with Crippen LogP contribution in [0.15, 0.2) is 42.5 Å². The number of hydrogen-bond acceptors (Lipinski definition) is 5. The van der Waals surface area contributed by atoms with Gasteiger partial charge in [0, 0.05) is 17.2 Å². The molecule has 5 nitrogen and oxygen atoms in total. The molecule has 0 aliphatic carbocycles. The van der Waals surface area contributed by atoms with Crippen molar-refractivity contribution < 1.29 is 28.5 Å². The van der Waals surface area contributed by atoms with Crippen molar-refractivity contribution in [2.75, 3.05) is 21.3 Å². The van der Waals surface area contributed by atoms with Gasteiger partial charge in [-0.2, -0.15) is 0 Å². The van der Waals surface area contributed by atoms with Gasteiger partial charge in [-0.05, 0) is 36.4 Å². The Morgan fingerprint density at radius 2 is 1.50 bits per heavy atom. The van der Waals surface area contributed by atoms with Crippen LogP contribution in [0.1, 0.15) is 15.9 Å². The van der Waals surface area contributed by atoms with Crippen LogP contribution < -0.4 is 14.2 Å². The molecule has 126 valence electrons. The highest BCUT2D eigenvalue weighted by molar-refractivity contribution is 6.07. The van der Waals surface area contributed by atoms with Gasteiger partial charge < -0.3 is 19.3 Å². The summed E-state index contributed by atoms with van der Waals surface area (Å²) in [7, 11) is 4.37. The van der Waals surface area contributed by atoms with Gasteiger partial charge in [-0.25, -0.2) is 4.39 Å². The van der Waals surface area contributed by atoms with Gasteiger partial charge in [-0.1, -0.05) is 0 Å². The van der Waals surface area contributed by atoms with Crippen LogP contribution in [0.3, 0.4) is 0 Å². The minimum Gasteiger partial charge on any atom is -0.507 e. The van der Waals surface area contributed by atoms with E-state index < -0.39 is 11.6 Å². The first-order chi connectivity index (χ1) is 11.5. The smallest absolute Gasteiger partial charge is 0.203 e. The number of ketones is 1. The molecule has 1 N–H and O–H groups in total. The first kappa shape index (κ1) is 17.3. The number of carbonyl (C=O) groups excluding carboxylic acids is 1. The third-order valence-electron chi connectivity index (χ3n) is 3.36. The van der Waals surface area contributed by atoms with E-state index in [1.807, 2.05) is 0 Å². The highest BCUT2D eigenvalue weighted by Gasteiger charge is 2.15. The third kappa shape index (κ3) is 3.65. The quantitative estimate of drug-likeness (QED) is 0.497. The zero-order chi connectivity index (χ0) is 17.7. The number of hydrogen-bond donors (Lipinski definition) is 1. The third-order valence-corrected chi connectivity index (χ3v) is 3.36. The van der Waals surface area contributed by atoms with Crippen molar-refractivity contribution in [3.8, 4) is 17.2 Å². The molecule has 2 rings (SSSR count). The van der Waals surface area contributed by atoms with Crippen LogP contribution in [0, 0.1) is 5.82 Å². The molecule has 0 saturated heterocycles. The van der Waals surface area contributed by atoms with Gasteiger partial charge in [0.15, 0.2) is 17.3 Å². The Labute approximate surface area is 138 Å². The summed E-state index contributed by atoms with van der Waals surface area (Å²) in [5.41, 5.74) is 0.579. The Balaban J connectivity index is 2.39. The predicted molar refractivity (Wildman–Crippen MR) is 87.4 cm³/mol. The van der Waals surface area contributed by atoms with Gasteiger partial charge >= 0.3 is 0 Å². The summed E-state index contributed by atoms with van der Waals surface area (Å²) in [6.45, 7) is 0. The molecule has 0 aromatic heterocycles. The maximum absolute atomic E-state index is 12.9. The standard InChI is InChI=1S/C18H17FO5/c1-22-16-8-12(9-17(23-2)18(16)24-3)15(21)10-14(20)11-4-6-13(19)7-5-11/h4-10,21H,1-3H3/b15-10+. The summed E-state index contributed by atoms with van der Waals surface area (Å²) in [6.07, 6.45) is 1.05. The predicted octanol–water partition coefficient (Wildman–Crippen LogP) is 3.63. The summed E-state index contributed by atoms with van der Waals surface area (Å²) in [4.78, 5) is 12.1. The van der Waals surface area contributed by atoms with E-state index in [1.54, 1.807) is 0 Å². The van der Waals surface area contributed by atoms with Crippen molar-refractivity contribution in [1.29, 1.82) is 0 Å². The molecule has 0 aliphatic rings. The van der Waals surface area contributed by atoms with Crippen LogP contribution in [0.2, 0.25) is 0 Å². The van der Waals surface area contributed by atoms with Crippen molar-refractivity contribution in [3.63, 3.8) is 0 Å². The summed E-state index contributed by atoms with van der Waals surface area (Å²) in [5, 5.41) is 10.2. The van der Waals surface area contributed by atoms with E-state index >= 15 is 0 Å². The zero-order valence-electron chi connectivity index (χ0n) is 13.5. The minimum atomic E-state index is -0.457. The second kappa shape index (κ2) is 7.50. The summed E-state index contributed by atoms with van der Waals surface area (Å²) >= 11 is 0. The Bertz CT molecular complexity index is 740. The SMILES string of the molecule is COc1cc(/C(O)=C\C(=O)c2ccc(F)cc2)cc(OC)c1OC. The monoisotopic (exact) mass is 332 g/mol. The molecular formula is C18H17FO5. The van der Waals surface area contributed by atoms with Gasteiger partial charge in [-0.15, -0.1) is 0 Å². The minimum absolute atomic E-state index is 0.260. The largest absolute Gasteiger partial charge is 0.507 e. The van der Waals surface area contributed by atoms with Crippen LogP contribution in [0.25, 0.3) is 5.76 Å². The molecule has 0 unspecified atom stereocenters. The van der Waals surface area contributed by atoms with Gasteiger partial charge in [0.1, 0.15) is 11.6 Å². The summed E-state index contributed by atoms with van der Waals surface area (Å²) in [5.74, 6) is -0.0994. The Morgan fingerprint density at radius 3 is 1.96 bits per heavy atom. The van der Waals surface area contributed by atoms with Gasteiger partial charge in [0.2, 0.25) is 5.75 Å². The second-order valence-corrected chi connectivity index (χ2v) is 4.81. The lowest BCUT2D eigenvalue weighted by Gasteiger charge is -2.13. The van der Waals surface area contributed by atoms with E-state index in [4.69, 9.17) is 14.2 Å². The molecule has 0 amide bonds. The van der Waals surface area contributed by atoms with E-state index in [9.17, 15) is 14.3 Å². The number of allylic oxidation sites excluding steroid dienone is 1. The van der Waals surface area contributed by atoms with E-state index in [-0.39, 0.29) is 11.3 Å². The topological polar surface area (TPSA) is 65.0 Å².